The summed E-state index contributed by atoms with van der Waals surface area (Å²) in [6.07, 6.45) is 0. The Morgan fingerprint density at radius 1 is 0.944 bits per heavy atom. The summed E-state index contributed by atoms with van der Waals surface area (Å²) in [5, 5.41) is 7.76. The molecule has 0 aliphatic carbocycles. The fourth-order valence-electron chi connectivity index (χ4n) is 3.84. The number of imide groups is 1. The molecule has 4 rings (SSSR count). The van der Waals surface area contributed by atoms with Gasteiger partial charge in [0.05, 0.1) is 11.3 Å². The first kappa shape index (κ1) is 24.5. The molecule has 36 heavy (non-hydrogen) atoms. The van der Waals surface area contributed by atoms with Gasteiger partial charge >= 0.3 is 6.03 Å². The number of para-hydroxylation sites is 1. The number of rotatable bonds is 7. The Balaban J connectivity index is 1.44. The minimum absolute atomic E-state index is 0.0306. The van der Waals surface area contributed by atoms with Gasteiger partial charge in [-0.25, -0.2) is 13.6 Å². The van der Waals surface area contributed by atoms with Crippen LogP contribution in [0.4, 0.5) is 19.3 Å². The number of hydrogen-bond acceptors (Lipinski definition) is 4. The van der Waals surface area contributed by atoms with Gasteiger partial charge in [0.25, 0.3) is 11.8 Å². The van der Waals surface area contributed by atoms with Crippen molar-refractivity contribution in [3.8, 4) is 0 Å². The van der Waals surface area contributed by atoms with Crippen molar-refractivity contribution in [1.82, 2.24) is 15.5 Å². The molecule has 184 valence electrons. The van der Waals surface area contributed by atoms with Crippen molar-refractivity contribution in [2.24, 2.45) is 0 Å². The predicted octanol–water partition coefficient (Wildman–Crippen LogP) is 3.30. The number of benzene rings is 3. The Morgan fingerprint density at radius 3 is 2.36 bits per heavy atom. The quantitative estimate of drug-likeness (QED) is 0.440. The number of hydrogen-bond donors (Lipinski definition) is 3. The molecule has 0 saturated carbocycles. The lowest BCUT2D eigenvalue weighted by Crippen LogP contribution is -2.42. The van der Waals surface area contributed by atoms with Crippen LogP contribution in [0.1, 0.15) is 28.4 Å². The average molecular weight is 492 g/mol. The summed E-state index contributed by atoms with van der Waals surface area (Å²) in [5.41, 5.74) is -0.353. The zero-order valence-corrected chi connectivity index (χ0v) is 19.2. The second-order valence-electron chi connectivity index (χ2n) is 8.34. The van der Waals surface area contributed by atoms with Gasteiger partial charge in [0.1, 0.15) is 12.1 Å². The number of carbonyl (C=O) groups excluding carboxylic acids is 4. The van der Waals surface area contributed by atoms with Crippen molar-refractivity contribution >= 4 is 29.4 Å². The van der Waals surface area contributed by atoms with Crippen LogP contribution in [0.2, 0.25) is 0 Å². The van der Waals surface area contributed by atoms with Gasteiger partial charge in [0.15, 0.2) is 11.6 Å². The van der Waals surface area contributed by atoms with Gasteiger partial charge in [-0.1, -0.05) is 48.5 Å². The van der Waals surface area contributed by atoms with Gasteiger partial charge < -0.3 is 16.0 Å². The summed E-state index contributed by atoms with van der Waals surface area (Å²) in [6.45, 7) is 0.973. The van der Waals surface area contributed by atoms with Crippen LogP contribution in [0.25, 0.3) is 0 Å². The van der Waals surface area contributed by atoms with Gasteiger partial charge in [0.2, 0.25) is 5.91 Å². The van der Waals surface area contributed by atoms with Crippen molar-refractivity contribution in [1.29, 1.82) is 0 Å². The second kappa shape index (κ2) is 9.95. The maximum Gasteiger partial charge on any atom is 0.325 e. The molecule has 1 aliphatic heterocycles. The molecular weight excluding hydrogens is 470 g/mol. The largest absolute Gasteiger partial charge is 0.348 e. The molecule has 3 aromatic rings. The first-order valence-corrected chi connectivity index (χ1v) is 11.0. The van der Waals surface area contributed by atoms with Crippen molar-refractivity contribution in [2.75, 3.05) is 11.9 Å². The lowest BCUT2D eigenvalue weighted by molar-refractivity contribution is -0.133. The third kappa shape index (κ3) is 4.92. The summed E-state index contributed by atoms with van der Waals surface area (Å²) < 4.78 is 27.0. The van der Waals surface area contributed by atoms with Gasteiger partial charge in [-0.3, -0.25) is 19.3 Å². The molecular formula is C26H22F2N4O4. The second-order valence-corrected chi connectivity index (χ2v) is 8.34. The molecule has 1 aliphatic rings. The molecule has 0 unspecified atom stereocenters. The Kier molecular flexibility index (Phi) is 6.77. The standard InChI is InChI=1S/C26H22F2N4O4/c1-26(17-11-12-19(27)20(28)13-17)24(35)32(25(36)31-26)15-22(33)30-21-10-6-5-9-18(21)23(34)29-14-16-7-3-2-4-8-16/h2-13H,14-15H2,1H3,(H,29,34)(H,30,33)(H,31,36)/t26-/m1/s1. The van der Waals surface area contributed by atoms with E-state index in [9.17, 15) is 28.0 Å². The molecule has 5 amide bonds. The Bertz CT molecular complexity index is 1350. The van der Waals surface area contributed by atoms with Crippen molar-refractivity contribution in [3.63, 3.8) is 0 Å². The van der Waals surface area contributed by atoms with Gasteiger partial charge in [-0.2, -0.15) is 0 Å². The van der Waals surface area contributed by atoms with Crippen LogP contribution >= 0.6 is 0 Å². The highest BCUT2D eigenvalue weighted by Crippen LogP contribution is 2.29. The molecule has 0 aromatic heterocycles. The molecule has 1 saturated heterocycles. The normalized spacial score (nSPS) is 17.0. The summed E-state index contributed by atoms with van der Waals surface area (Å²) in [4.78, 5) is 51.6. The van der Waals surface area contributed by atoms with Crippen molar-refractivity contribution in [3.05, 3.63) is 101 Å². The van der Waals surface area contributed by atoms with E-state index in [2.05, 4.69) is 16.0 Å². The predicted molar refractivity (Wildman–Crippen MR) is 127 cm³/mol. The van der Waals surface area contributed by atoms with E-state index < -0.39 is 47.5 Å². The van der Waals surface area contributed by atoms with Crippen LogP contribution in [0.3, 0.4) is 0 Å². The maximum absolute atomic E-state index is 13.7. The topological polar surface area (TPSA) is 108 Å². The van der Waals surface area contributed by atoms with Gasteiger partial charge in [-0.15, -0.1) is 0 Å². The fraction of sp³-hybridized carbons (Fsp3) is 0.154. The van der Waals surface area contributed by atoms with E-state index in [1.54, 1.807) is 12.1 Å². The molecule has 10 heteroatoms. The number of nitrogens with zero attached hydrogens (tertiary/aromatic N) is 1. The van der Waals surface area contributed by atoms with Gasteiger partial charge in [-0.05, 0) is 42.3 Å². The van der Waals surface area contributed by atoms with E-state index >= 15 is 0 Å². The lowest BCUT2D eigenvalue weighted by atomic mass is 9.92. The average Bonchev–Trinajstić information content (AvgIpc) is 3.08. The number of anilines is 1. The Hall–Kier alpha value is -4.60. The highest BCUT2D eigenvalue weighted by molar-refractivity contribution is 6.11. The maximum atomic E-state index is 13.7. The highest BCUT2D eigenvalue weighted by Gasteiger charge is 2.49. The van der Waals surface area contributed by atoms with Crippen molar-refractivity contribution in [2.45, 2.75) is 19.0 Å². The van der Waals surface area contributed by atoms with Crippen LogP contribution in [0, 0.1) is 11.6 Å². The monoisotopic (exact) mass is 492 g/mol. The molecule has 1 atom stereocenters. The summed E-state index contributed by atoms with van der Waals surface area (Å²) in [6, 6.07) is 17.6. The first-order chi connectivity index (χ1) is 17.2. The van der Waals surface area contributed by atoms with Gasteiger partial charge in [0, 0.05) is 6.54 Å². The van der Waals surface area contributed by atoms with E-state index in [4.69, 9.17) is 0 Å². The SMILES string of the molecule is C[C@]1(c2ccc(F)c(F)c2)NC(=O)N(CC(=O)Nc2ccccc2C(=O)NCc2ccccc2)C1=O. The minimum atomic E-state index is -1.68. The summed E-state index contributed by atoms with van der Waals surface area (Å²) in [5.74, 6) is -4.22. The molecule has 8 nitrogen and oxygen atoms in total. The van der Waals surface area contributed by atoms with Crippen LogP contribution in [-0.2, 0) is 21.7 Å². The van der Waals surface area contributed by atoms with Crippen LogP contribution in [0.15, 0.2) is 72.8 Å². The number of amides is 5. The number of halogens is 2. The molecule has 0 radical (unpaired) electrons. The zero-order chi connectivity index (χ0) is 25.9. The van der Waals surface area contributed by atoms with Crippen LogP contribution in [-0.4, -0.2) is 35.2 Å². The van der Waals surface area contributed by atoms with E-state index in [0.29, 0.717) is 4.90 Å². The van der Waals surface area contributed by atoms with Crippen LogP contribution < -0.4 is 16.0 Å². The molecule has 3 aromatic carbocycles. The molecule has 1 heterocycles. The Labute approximate surface area is 205 Å². The third-order valence-corrected chi connectivity index (χ3v) is 5.82. The Morgan fingerprint density at radius 2 is 1.64 bits per heavy atom. The fourth-order valence-corrected chi connectivity index (χ4v) is 3.84. The van der Waals surface area contributed by atoms with Crippen LogP contribution in [0.5, 0.6) is 0 Å². The molecule has 3 N–H and O–H groups in total. The lowest BCUT2D eigenvalue weighted by Gasteiger charge is -2.22. The third-order valence-electron chi connectivity index (χ3n) is 5.82. The summed E-state index contributed by atoms with van der Waals surface area (Å²) in [7, 11) is 0. The van der Waals surface area contributed by atoms with E-state index in [1.165, 1.54) is 25.1 Å². The number of urea groups is 1. The van der Waals surface area contributed by atoms with E-state index in [1.807, 2.05) is 30.3 Å². The van der Waals surface area contributed by atoms with Crippen molar-refractivity contribution < 1.29 is 28.0 Å². The first-order valence-electron chi connectivity index (χ1n) is 11.0. The smallest absolute Gasteiger partial charge is 0.325 e. The number of nitrogens with one attached hydrogen (secondary N) is 3. The summed E-state index contributed by atoms with van der Waals surface area (Å²) >= 11 is 0. The number of carbonyl (C=O) groups is 4. The minimum Gasteiger partial charge on any atom is -0.348 e. The molecule has 0 spiro atoms. The van der Waals surface area contributed by atoms with E-state index in [-0.39, 0.29) is 23.4 Å². The zero-order valence-electron chi connectivity index (χ0n) is 19.2. The van der Waals surface area contributed by atoms with E-state index in [0.717, 1.165) is 17.7 Å². The molecule has 1 fully saturated rings. The highest BCUT2D eigenvalue weighted by atomic mass is 19.2. The molecule has 0 bridgehead atoms.